The average Bonchev–Trinajstić information content (AvgIpc) is 2.78. The van der Waals surface area contributed by atoms with E-state index in [1.165, 1.54) is 4.31 Å². The van der Waals surface area contributed by atoms with Crippen LogP contribution in [0.3, 0.4) is 0 Å². The van der Waals surface area contributed by atoms with Crippen LogP contribution in [0.1, 0.15) is 44.4 Å². The number of benzene rings is 1. The highest BCUT2D eigenvalue weighted by Gasteiger charge is 2.32. The SMILES string of the molecule is C[C@@H](c1cc2ccccc2o1)N(C)S(=O)(=O)N1CCCCCC1. The van der Waals surface area contributed by atoms with Crippen molar-refractivity contribution in [2.24, 2.45) is 0 Å². The molecule has 1 aromatic heterocycles. The first-order chi connectivity index (χ1) is 11.0. The molecule has 0 radical (unpaired) electrons. The zero-order valence-corrected chi connectivity index (χ0v) is 14.6. The normalized spacial score (nSPS) is 19.1. The lowest BCUT2D eigenvalue weighted by atomic mass is 10.2. The molecule has 23 heavy (non-hydrogen) atoms. The molecule has 126 valence electrons. The lowest BCUT2D eigenvalue weighted by molar-refractivity contribution is 0.307. The molecule has 1 atom stereocenters. The van der Waals surface area contributed by atoms with Gasteiger partial charge in [0.1, 0.15) is 11.3 Å². The largest absolute Gasteiger partial charge is 0.459 e. The molecule has 1 aliphatic rings. The number of para-hydroxylation sites is 1. The Morgan fingerprint density at radius 3 is 2.43 bits per heavy atom. The van der Waals surface area contributed by atoms with Crippen LogP contribution in [-0.2, 0) is 10.2 Å². The van der Waals surface area contributed by atoms with Gasteiger partial charge in [0.15, 0.2) is 0 Å². The zero-order chi connectivity index (χ0) is 16.4. The van der Waals surface area contributed by atoms with Gasteiger partial charge in [0.25, 0.3) is 10.2 Å². The predicted molar refractivity (Wildman–Crippen MR) is 91.4 cm³/mol. The van der Waals surface area contributed by atoms with Crippen LogP contribution in [0.2, 0.25) is 0 Å². The van der Waals surface area contributed by atoms with E-state index in [1.807, 2.05) is 37.3 Å². The fourth-order valence-electron chi connectivity index (χ4n) is 3.04. The maximum Gasteiger partial charge on any atom is 0.282 e. The van der Waals surface area contributed by atoms with E-state index in [1.54, 1.807) is 11.4 Å². The Balaban J connectivity index is 1.83. The molecule has 0 bridgehead atoms. The van der Waals surface area contributed by atoms with E-state index in [0.717, 1.165) is 36.7 Å². The van der Waals surface area contributed by atoms with Gasteiger partial charge >= 0.3 is 0 Å². The Labute approximate surface area is 138 Å². The van der Waals surface area contributed by atoms with Gasteiger partial charge in [0, 0.05) is 25.5 Å². The van der Waals surface area contributed by atoms with E-state index in [2.05, 4.69) is 0 Å². The number of hydrogen-bond acceptors (Lipinski definition) is 3. The van der Waals surface area contributed by atoms with Gasteiger partial charge in [-0.2, -0.15) is 17.0 Å². The molecular weight excluding hydrogens is 312 g/mol. The van der Waals surface area contributed by atoms with Crippen LogP contribution in [0.25, 0.3) is 11.0 Å². The molecule has 0 saturated carbocycles. The van der Waals surface area contributed by atoms with Crippen LogP contribution >= 0.6 is 0 Å². The summed E-state index contributed by atoms with van der Waals surface area (Å²) in [6.07, 6.45) is 4.09. The highest BCUT2D eigenvalue weighted by molar-refractivity contribution is 7.86. The molecule has 0 N–H and O–H groups in total. The fraction of sp³-hybridized carbons (Fsp3) is 0.529. The molecule has 1 fully saturated rings. The average molecular weight is 336 g/mol. The van der Waals surface area contributed by atoms with Crippen molar-refractivity contribution in [1.82, 2.24) is 8.61 Å². The standard InChI is InChI=1S/C17H24N2O3S/c1-14(17-13-15-9-5-6-10-16(15)22-17)18(2)23(20,21)19-11-7-3-4-8-12-19/h5-6,9-10,13-14H,3-4,7-8,11-12H2,1-2H3/t14-/m0/s1. The zero-order valence-electron chi connectivity index (χ0n) is 13.7. The second-order valence-corrected chi connectivity index (χ2v) is 8.19. The van der Waals surface area contributed by atoms with Crippen molar-refractivity contribution in [2.75, 3.05) is 20.1 Å². The third-order valence-electron chi connectivity index (χ3n) is 4.66. The Bertz CT molecular complexity index is 728. The highest BCUT2D eigenvalue weighted by atomic mass is 32.2. The summed E-state index contributed by atoms with van der Waals surface area (Å²) in [5.41, 5.74) is 0.787. The maximum atomic E-state index is 12.9. The summed E-state index contributed by atoms with van der Waals surface area (Å²) in [6, 6.07) is 9.32. The first-order valence-corrected chi connectivity index (χ1v) is 9.61. The third kappa shape index (κ3) is 3.29. The summed E-state index contributed by atoms with van der Waals surface area (Å²) < 4.78 is 34.6. The number of hydrogen-bond donors (Lipinski definition) is 0. The molecule has 0 aliphatic carbocycles. The van der Waals surface area contributed by atoms with Crippen molar-refractivity contribution in [1.29, 1.82) is 0 Å². The second kappa shape index (κ2) is 6.63. The lowest BCUT2D eigenvalue weighted by Crippen LogP contribution is -2.43. The van der Waals surface area contributed by atoms with Crippen molar-refractivity contribution in [3.63, 3.8) is 0 Å². The molecule has 1 aromatic carbocycles. The lowest BCUT2D eigenvalue weighted by Gasteiger charge is -2.29. The second-order valence-electron chi connectivity index (χ2n) is 6.20. The molecule has 1 saturated heterocycles. The van der Waals surface area contributed by atoms with Gasteiger partial charge in [-0.25, -0.2) is 0 Å². The van der Waals surface area contributed by atoms with Crippen LogP contribution in [0, 0.1) is 0 Å². The summed E-state index contributed by atoms with van der Waals surface area (Å²) in [5.74, 6) is 0.673. The molecule has 0 amide bonds. The summed E-state index contributed by atoms with van der Waals surface area (Å²) in [7, 11) is -1.83. The van der Waals surface area contributed by atoms with Crippen molar-refractivity contribution in [3.8, 4) is 0 Å². The smallest absolute Gasteiger partial charge is 0.282 e. The van der Waals surface area contributed by atoms with E-state index in [4.69, 9.17) is 4.42 Å². The number of rotatable bonds is 4. The van der Waals surface area contributed by atoms with Crippen molar-refractivity contribution in [3.05, 3.63) is 36.1 Å². The minimum Gasteiger partial charge on any atom is -0.459 e. The Kier molecular flexibility index (Phi) is 4.75. The molecule has 0 spiro atoms. The van der Waals surface area contributed by atoms with Gasteiger partial charge in [-0.05, 0) is 31.9 Å². The van der Waals surface area contributed by atoms with Gasteiger partial charge in [-0.15, -0.1) is 0 Å². The minimum absolute atomic E-state index is 0.337. The van der Waals surface area contributed by atoms with E-state index < -0.39 is 10.2 Å². The Morgan fingerprint density at radius 1 is 1.13 bits per heavy atom. The number of nitrogens with zero attached hydrogens (tertiary/aromatic N) is 2. The van der Waals surface area contributed by atoms with Gasteiger partial charge in [0.2, 0.25) is 0 Å². The van der Waals surface area contributed by atoms with Gasteiger partial charge in [-0.3, -0.25) is 0 Å². The molecule has 6 heteroatoms. The number of furan rings is 1. The van der Waals surface area contributed by atoms with Crippen LogP contribution in [0.15, 0.2) is 34.7 Å². The monoisotopic (exact) mass is 336 g/mol. The van der Waals surface area contributed by atoms with Gasteiger partial charge in [-0.1, -0.05) is 31.0 Å². The summed E-state index contributed by atoms with van der Waals surface area (Å²) >= 11 is 0. The quantitative estimate of drug-likeness (QED) is 0.858. The van der Waals surface area contributed by atoms with E-state index in [-0.39, 0.29) is 6.04 Å². The van der Waals surface area contributed by atoms with E-state index in [9.17, 15) is 8.42 Å². The van der Waals surface area contributed by atoms with Crippen LogP contribution in [0.5, 0.6) is 0 Å². The number of fused-ring (bicyclic) bond motifs is 1. The molecular formula is C17H24N2O3S. The van der Waals surface area contributed by atoms with Crippen molar-refractivity contribution < 1.29 is 12.8 Å². The first kappa shape index (κ1) is 16.5. The molecule has 1 aliphatic heterocycles. The highest BCUT2D eigenvalue weighted by Crippen LogP contribution is 2.29. The fourth-order valence-corrected chi connectivity index (χ4v) is 4.63. The van der Waals surface area contributed by atoms with Crippen LogP contribution in [0.4, 0.5) is 0 Å². The van der Waals surface area contributed by atoms with E-state index >= 15 is 0 Å². The van der Waals surface area contributed by atoms with Gasteiger partial charge in [0.05, 0.1) is 6.04 Å². The summed E-state index contributed by atoms with van der Waals surface area (Å²) in [5, 5.41) is 0.995. The Hall–Kier alpha value is -1.37. The predicted octanol–water partition coefficient (Wildman–Crippen LogP) is 3.55. The van der Waals surface area contributed by atoms with Crippen molar-refractivity contribution in [2.45, 2.75) is 38.6 Å². The van der Waals surface area contributed by atoms with Crippen LogP contribution in [-0.4, -0.2) is 37.2 Å². The minimum atomic E-state index is -3.46. The Morgan fingerprint density at radius 2 is 1.78 bits per heavy atom. The molecule has 0 unspecified atom stereocenters. The van der Waals surface area contributed by atoms with Gasteiger partial charge < -0.3 is 4.42 Å². The van der Waals surface area contributed by atoms with Crippen molar-refractivity contribution >= 4 is 21.2 Å². The summed E-state index contributed by atoms with van der Waals surface area (Å²) in [6.45, 7) is 3.09. The first-order valence-electron chi connectivity index (χ1n) is 8.22. The maximum absolute atomic E-state index is 12.9. The summed E-state index contributed by atoms with van der Waals surface area (Å²) in [4.78, 5) is 0. The molecule has 5 nitrogen and oxygen atoms in total. The molecule has 2 aromatic rings. The topological polar surface area (TPSA) is 53.8 Å². The molecule has 2 heterocycles. The van der Waals surface area contributed by atoms with E-state index in [0.29, 0.717) is 18.8 Å². The van der Waals surface area contributed by atoms with Crippen LogP contribution < -0.4 is 0 Å². The molecule has 3 rings (SSSR count). The third-order valence-corrected chi connectivity index (χ3v) is 6.72.